The Labute approximate surface area is 210 Å². The lowest BCUT2D eigenvalue weighted by molar-refractivity contribution is 0.0696. The number of ether oxygens (including phenoxy) is 1. The van der Waals surface area contributed by atoms with E-state index in [2.05, 4.69) is 18.3 Å². The Hall–Kier alpha value is -3.70. The summed E-state index contributed by atoms with van der Waals surface area (Å²) in [5, 5.41) is 14.4. The Kier molecular flexibility index (Phi) is 7.01. The second kappa shape index (κ2) is 10.5. The summed E-state index contributed by atoms with van der Waals surface area (Å²) in [5.41, 5.74) is 3.65. The first kappa shape index (κ1) is 24.0. The standard InChI is InChI=1S/C31H30FNO3/c1-20(24-16-17-29(32)26-9-3-2-8-25(24)26)33-18-6-7-23-19-28(27-10-4-5-11-30(27)36-23)21-12-14-22(15-13-21)31(34)35/h2-5,8-17,20,23,28,33H,6-7,18-19H2,1H3,(H,34,35)/t20?,23-,28-/m0/s1. The normalized spacial score (nSPS) is 17.8. The third-order valence-corrected chi connectivity index (χ3v) is 7.17. The highest BCUT2D eigenvalue weighted by Crippen LogP contribution is 2.41. The number of aromatic carboxylic acids is 1. The zero-order valence-corrected chi connectivity index (χ0v) is 20.3. The third-order valence-electron chi connectivity index (χ3n) is 7.17. The highest BCUT2D eigenvalue weighted by Gasteiger charge is 2.29. The van der Waals surface area contributed by atoms with Gasteiger partial charge in [0, 0.05) is 22.9 Å². The highest BCUT2D eigenvalue weighted by atomic mass is 19.1. The van der Waals surface area contributed by atoms with Crippen molar-refractivity contribution < 1.29 is 19.0 Å². The quantitative estimate of drug-likeness (QED) is 0.263. The van der Waals surface area contributed by atoms with E-state index in [1.165, 1.54) is 0 Å². The molecule has 0 aromatic heterocycles. The number of hydrogen-bond acceptors (Lipinski definition) is 3. The van der Waals surface area contributed by atoms with Gasteiger partial charge in [-0.2, -0.15) is 0 Å². The number of nitrogens with one attached hydrogen (secondary N) is 1. The van der Waals surface area contributed by atoms with Crippen molar-refractivity contribution in [3.63, 3.8) is 0 Å². The molecule has 1 heterocycles. The predicted molar refractivity (Wildman–Crippen MR) is 140 cm³/mol. The monoisotopic (exact) mass is 483 g/mol. The molecule has 0 saturated carbocycles. The Morgan fingerprint density at radius 3 is 2.50 bits per heavy atom. The van der Waals surface area contributed by atoms with Gasteiger partial charge in [-0.15, -0.1) is 0 Å². The van der Waals surface area contributed by atoms with Gasteiger partial charge in [-0.1, -0.05) is 60.7 Å². The fraction of sp³-hybridized carbons (Fsp3) is 0.258. The average Bonchev–Trinajstić information content (AvgIpc) is 2.91. The van der Waals surface area contributed by atoms with Crippen molar-refractivity contribution in [3.8, 4) is 5.75 Å². The molecule has 4 aromatic rings. The summed E-state index contributed by atoms with van der Waals surface area (Å²) in [4.78, 5) is 11.3. The number of fused-ring (bicyclic) bond motifs is 2. The molecule has 1 unspecified atom stereocenters. The smallest absolute Gasteiger partial charge is 0.335 e. The molecule has 5 heteroatoms. The maximum Gasteiger partial charge on any atom is 0.335 e. The predicted octanol–water partition coefficient (Wildman–Crippen LogP) is 7.09. The summed E-state index contributed by atoms with van der Waals surface area (Å²) in [6, 6.07) is 26.4. The lowest BCUT2D eigenvalue weighted by Gasteiger charge is -2.33. The number of para-hydroxylation sites is 1. The van der Waals surface area contributed by atoms with E-state index in [4.69, 9.17) is 4.74 Å². The van der Waals surface area contributed by atoms with Crippen LogP contribution in [0.2, 0.25) is 0 Å². The zero-order chi connectivity index (χ0) is 25.1. The minimum Gasteiger partial charge on any atom is -0.490 e. The Morgan fingerprint density at radius 1 is 1.00 bits per heavy atom. The van der Waals surface area contributed by atoms with Crippen LogP contribution in [0.3, 0.4) is 0 Å². The van der Waals surface area contributed by atoms with Gasteiger partial charge in [-0.05, 0) is 73.5 Å². The van der Waals surface area contributed by atoms with Crippen LogP contribution in [0, 0.1) is 5.82 Å². The van der Waals surface area contributed by atoms with E-state index in [0.29, 0.717) is 10.9 Å². The van der Waals surface area contributed by atoms with E-state index in [1.807, 2.05) is 60.7 Å². The summed E-state index contributed by atoms with van der Waals surface area (Å²) < 4.78 is 20.5. The first-order valence-electron chi connectivity index (χ1n) is 12.5. The molecule has 1 aliphatic heterocycles. The lowest BCUT2D eigenvalue weighted by Crippen LogP contribution is -2.28. The number of carboxylic acid groups (broad SMARTS) is 1. The summed E-state index contributed by atoms with van der Waals surface area (Å²) in [7, 11) is 0. The molecule has 0 saturated heterocycles. The number of halogens is 1. The molecule has 0 aliphatic carbocycles. The van der Waals surface area contributed by atoms with Crippen molar-refractivity contribution >= 4 is 16.7 Å². The first-order valence-corrected chi connectivity index (χ1v) is 12.5. The second-order valence-corrected chi connectivity index (χ2v) is 9.49. The number of carbonyl (C=O) groups is 1. The van der Waals surface area contributed by atoms with Crippen molar-refractivity contribution in [2.45, 2.75) is 44.2 Å². The van der Waals surface area contributed by atoms with Crippen LogP contribution in [0.4, 0.5) is 4.39 Å². The fourth-order valence-corrected chi connectivity index (χ4v) is 5.27. The second-order valence-electron chi connectivity index (χ2n) is 9.49. The molecule has 1 aliphatic rings. The molecule has 3 atom stereocenters. The maximum absolute atomic E-state index is 14.2. The molecule has 2 N–H and O–H groups in total. The molecular weight excluding hydrogens is 453 g/mol. The van der Waals surface area contributed by atoms with Gasteiger partial charge in [0.05, 0.1) is 11.7 Å². The minimum absolute atomic E-state index is 0.0767. The van der Waals surface area contributed by atoms with Gasteiger partial charge >= 0.3 is 5.97 Å². The Morgan fingerprint density at radius 2 is 1.72 bits per heavy atom. The Bertz CT molecular complexity index is 1370. The molecule has 0 amide bonds. The zero-order valence-electron chi connectivity index (χ0n) is 20.3. The van der Waals surface area contributed by atoms with E-state index < -0.39 is 5.97 Å². The largest absolute Gasteiger partial charge is 0.490 e. The van der Waals surface area contributed by atoms with Crippen LogP contribution in [-0.2, 0) is 0 Å². The molecule has 0 spiro atoms. The van der Waals surface area contributed by atoms with Crippen LogP contribution >= 0.6 is 0 Å². The van der Waals surface area contributed by atoms with Gasteiger partial charge in [0.1, 0.15) is 11.6 Å². The molecule has 184 valence electrons. The van der Waals surface area contributed by atoms with E-state index in [1.54, 1.807) is 18.2 Å². The third kappa shape index (κ3) is 4.98. The van der Waals surface area contributed by atoms with Crippen molar-refractivity contribution in [3.05, 3.63) is 113 Å². The topological polar surface area (TPSA) is 58.6 Å². The summed E-state index contributed by atoms with van der Waals surface area (Å²) in [6.45, 7) is 2.94. The molecule has 5 rings (SSSR count). The van der Waals surface area contributed by atoms with Crippen LogP contribution in [0.5, 0.6) is 5.75 Å². The number of hydrogen-bond donors (Lipinski definition) is 2. The number of benzene rings is 4. The average molecular weight is 484 g/mol. The van der Waals surface area contributed by atoms with E-state index in [9.17, 15) is 14.3 Å². The number of carboxylic acids is 1. The van der Waals surface area contributed by atoms with Crippen LogP contribution in [0.1, 0.15) is 65.2 Å². The highest BCUT2D eigenvalue weighted by molar-refractivity contribution is 5.87. The van der Waals surface area contributed by atoms with E-state index in [-0.39, 0.29) is 23.9 Å². The van der Waals surface area contributed by atoms with Crippen LogP contribution in [0.15, 0.2) is 84.9 Å². The SMILES string of the molecule is CC(NCCC[C@H]1C[C@@H](c2ccc(C(=O)O)cc2)c2ccccc2O1)c1ccc(F)c2ccccc12. The van der Waals surface area contributed by atoms with Gasteiger partial charge in [0.2, 0.25) is 0 Å². The molecule has 0 fully saturated rings. The molecule has 4 nitrogen and oxygen atoms in total. The summed E-state index contributed by atoms with van der Waals surface area (Å²) in [5.74, 6) is -0.0361. The van der Waals surface area contributed by atoms with Crippen molar-refractivity contribution in [2.75, 3.05) is 6.54 Å². The van der Waals surface area contributed by atoms with Crippen LogP contribution in [-0.4, -0.2) is 23.7 Å². The summed E-state index contributed by atoms with van der Waals surface area (Å²) in [6.07, 6.45) is 2.78. The van der Waals surface area contributed by atoms with E-state index >= 15 is 0 Å². The number of rotatable bonds is 8. The maximum atomic E-state index is 14.2. The lowest BCUT2D eigenvalue weighted by atomic mass is 9.83. The molecule has 36 heavy (non-hydrogen) atoms. The van der Waals surface area contributed by atoms with Crippen LogP contribution < -0.4 is 10.1 Å². The van der Waals surface area contributed by atoms with Gasteiger partial charge in [-0.25, -0.2) is 9.18 Å². The van der Waals surface area contributed by atoms with Crippen molar-refractivity contribution in [1.82, 2.24) is 5.32 Å². The van der Waals surface area contributed by atoms with Gasteiger partial charge < -0.3 is 15.2 Å². The van der Waals surface area contributed by atoms with Gasteiger partial charge in [0.15, 0.2) is 0 Å². The van der Waals surface area contributed by atoms with Crippen molar-refractivity contribution in [2.24, 2.45) is 0 Å². The fourth-order valence-electron chi connectivity index (χ4n) is 5.27. The molecule has 0 bridgehead atoms. The Balaban J connectivity index is 1.23. The minimum atomic E-state index is -0.915. The van der Waals surface area contributed by atoms with Gasteiger partial charge in [-0.3, -0.25) is 0 Å². The molecular formula is C31H30FNO3. The van der Waals surface area contributed by atoms with Crippen LogP contribution in [0.25, 0.3) is 10.8 Å². The van der Waals surface area contributed by atoms with E-state index in [0.717, 1.165) is 53.6 Å². The molecule has 4 aromatic carbocycles. The molecule has 0 radical (unpaired) electrons. The van der Waals surface area contributed by atoms with Gasteiger partial charge in [0.25, 0.3) is 0 Å². The summed E-state index contributed by atoms with van der Waals surface area (Å²) >= 11 is 0. The first-order chi connectivity index (χ1) is 17.5. The van der Waals surface area contributed by atoms with Crippen molar-refractivity contribution in [1.29, 1.82) is 0 Å².